The maximum absolute atomic E-state index is 13.9. The van der Waals surface area contributed by atoms with Crippen LogP contribution in [0.15, 0.2) is 0 Å². The molecule has 1 unspecified atom stereocenters. The Morgan fingerprint density at radius 3 is 0.863 bits per heavy atom. The lowest BCUT2D eigenvalue weighted by atomic mass is 9.86. The Balaban J connectivity index is 1.23. The maximum Gasteiger partial charge on any atom is 0.364 e. The van der Waals surface area contributed by atoms with E-state index in [0.717, 1.165) is 6.92 Å². The normalized spacial score (nSPS) is 38.7. The number of amides is 6. The zero-order valence-corrected chi connectivity index (χ0v) is 68.3. The summed E-state index contributed by atoms with van der Waals surface area (Å²) in [6.07, 6.45) is -82.2. The number of carbonyl (C=O) groups excluding carboxylic acids is 6. The Morgan fingerprint density at radius 1 is 0.336 bits per heavy atom. The van der Waals surface area contributed by atoms with Gasteiger partial charge in [-0.25, -0.2) is 24.0 Å². The van der Waals surface area contributed by atoms with Gasteiger partial charge in [0, 0.05) is 39.0 Å². The molecule has 7 saturated heterocycles. The van der Waals surface area contributed by atoms with Gasteiger partial charge < -0.3 is 257 Å². The van der Waals surface area contributed by atoms with Crippen molar-refractivity contribution in [2.45, 2.75) is 282 Å². The first kappa shape index (κ1) is 111. The third kappa shape index (κ3) is 24.7. The highest BCUT2D eigenvalue weighted by molar-refractivity contribution is 5.82. The minimum absolute atomic E-state index is 0.897. The van der Waals surface area contributed by atoms with Gasteiger partial charge in [0.15, 0.2) is 12.6 Å². The number of carboxylic acids is 5. The lowest BCUT2D eigenvalue weighted by Gasteiger charge is -2.51. The summed E-state index contributed by atoms with van der Waals surface area (Å²) >= 11 is 0. The van der Waals surface area contributed by atoms with Crippen LogP contribution in [0.2, 0.25) is 0 Å². The summed E-state index contributed by atoms with van der Waals surface area (Å²) in [5.41, 5.74) is 0. The van der Waals surface area contributed by atoms with Crippen molar-refractivity contribution in [1.82, 2.24) is 31.9 Å². The van der Waals surface area contributed by atoms with E-state index in [1.807, 2.05) is 26.6 Å². The molecule has 62 heteroatoms. The number of carbonyl (C=O) groups is 11. The number of aliphatic carboxylic acids is 5. The lowest BCUT2D eigenvalue weighted by Crippen LogP contribution is -2.72. The third-order valence-electron chi connectivity index (χ3n) is 22.4. The molecule has 0 aromatic carbocycles. The van der Waals surface area contributed by atoms with Crippen molar-refractivity contribution < 1.29 is 278 Å². The number of nitrogens with one attached hydrogen (secondary N) is 6. The number of hydrogen-bond donors (Lipinski definition) is 38. The molecule has 62 nitrogen and oxygen atoms in total. The topological polar surface area (TPSA) is 1030 Å². The molecule has 38 N–H and O–H groups in total. The Kier molecular flexibility index (Phi) is 39.6. The highest BCUT2D eigenvalue weighted by Gasteiger charge is 2.67. The monoisotopic (exact) mass is 1920 g/mol. The number of aliphatic hydroxyl groups excluding tert-OH is 27. The lowest BCUT2D eigenvalue weighted by molar-refractivity contribution is -0.365. The van der Waals surface area contributed by atoms with E-state index in [1.54, 1.807) is 0 Å². The van der Waals surface area contributed by atoms with E-state index >= 15 is 0 Å². The molecule has 0 aliphatic carbocycles. The molecule has 7 heterocycles. The first-order valence-electron chi connectivity index (χ1n) is 39.6. The summed E-state index contributed by atoms with van der Waals surface area (Å²) in [4.78, 5) is 145. The summed E-state index contributed by atoms with van der Waals surface area (Å²) in [6.45, 7) is -17.7. The van der Waals surface area contributed by atoms with Crippen LogP contribution in [0.3, 0.4) is 0 Å². The van der Waals surface area contributed by atoms with Gasteiger partial charge in [-0.15, -0.1) is 0 Å². The van der Waals surface area contributed by atoms with E-state index in [4.69, 9.17) is 61.6 Å². The van der Waals surface area contributed by atoms with Crippen LogP contribution < -0.4 is 31.9 Å². The SMILES string of the molecule is CC(=O)N[C@H]1C(O)O[C@H](CO[C@]2(C(=O)O)C[C@H](O)[C@@H](NC(=O)CO)[C@H]([C@H](O)[C@@H](CO)O[C@]3(C(=O)O)C[C@H](O)[C@@H](NC(=O)CO)[C@H]([C@H](O)[C@@H](CO)O[C@]4(C(=O)O)C[C@H](O)[C@@H](NC(=O)CO)[C@H]([C@H](O)[C@@H](CO)O[C@]5(C(=O)O)C[C@H](O)[C@@H](NC(=O)CO)[C@H]([C@H](O)[C@@H](CO)O[C@]6(C(=O)O)C[C@H](O)[C@@H](NC(=O)CO)[C@H]([C@H](O)[C@H](O)CO)O6)O5)O4)O3)O2)[C@H](O)[C@@H]1O[C@@H]1O[C@H](CO)[C@H](O)[C@H](O)[C@H]1O. The molecule has 0 radical (unpaired) electrons. The van der Waals surface area contributed by atoms with Gasteiger partial charge in [-0.2, -0.15) is 0 Å². The number of aliphatic hydroxyl groups is 27. The van der Waals surface area contributed by atoms with Crippen molar-refractivity contribution in [2.24, 2.45) is 0 Å². The second-order valence-corrected chi connectivity index (χ2v) is 31.3. The first-order valence-corrected chi connectivity index (χ1v) is 39.6. The van der Waals surface area contributed by atoms with Gasteiger partial charge in [-0.3, -0.25) is 28.8 Å². The van der Waals surface area contributed by atoms with Gasteiger partial charge in [0.2, 0.25) is 35.4 Å². The zero-order valence-electron chi connectivity index (χ0n) is 68.3. The summed E-state index contributed by atoms with van der Waals surface area (Å²) in [7, 11) is 0. The molecule has 0 saturated carbocycles. The fourth-order valence-electron chi connectivity index (χ4n) is 15.8. The van der Waals surface area contributed by atoms with Crippen LogP contribution in [0.25, 0.3) is 0 Å². The highest BCUT2D eigenvalue weighted by Crippen LogP contribution is 2.45. The minimum Gasteiger partial charge on any atom is -0.477 e. The number of ether oxygens (including phenoxy) is 13. The third-order valence-corrected chi connectivity index (χ3v) is 22.4. The second kappa shape index (κ2) is 46.9. The molecule has 752 valence electrons. The number of carboxylic acid groups (broad SMARTS) is 5. The predicted octanol–water partition coefficient (Wildman–Crippen LogP) is -24.5. The van der Waals surface area contributed by atoms with Gasteiger partial charge in [-0.05, 0) is 0 Å². The van der Waals surface area contributed by atoms with Gasteiger partial charge in [-0.1, -0.05) is 0 Å². The quantitative estimate of drug-likeness (QED) is 0.0269. The Hall–Kier alpha value is -7.43. The molecule has 0 bridgehead atoms. The zero-order chi connectivity index (χ0) is 98.5. The van der Waals surface area contributed by atoms with Crippen molar-refractivity contribution in [2.75, 3.05) is 79.3 Å². The smallest absolute Gasteiger partial charge is 0.364 e. The van der Waals surface area contributed by atoms with E-state index < -0.39 is 419 Å². The van der Waals surface area contributed by atoms with Crippen LogP contribution in [0.1, 0.15) is 39.0 Å². The van der Waals surface area contributed by atoms with Crippen LogP contribution in [-0.4, -0.2) is 551 Å². The average molecular weight is 1920 g/mol. The van der Waals surface area contributed by atoms with Crippen LogP contribution in [0, 0.1) is 0 Å². The van der Waals surface area contributed by atoms with Crippen molar-refractivity contribution in [3.05, 3.63) is 0 Å². The highest BCUT2D eigenvalue weighted by atomic mass is 16.8. The Morgan fingerprint density at radius 2 is 0.611 bits per heavy atom. The molecular weight excluding hydrogens is 1810 g/mol. The fraction of sp³-hybridized carbons (Fsp3) is 0.841. The van der Waals surface area contributed by atoms with Gasteiger partial charge in [0.25, 0.3) is 28.9 Å². The van der Waals surface area contributed by atoms with Crippen LogP contribution in [0.4, 0.5) is 0 Å². The molecule has 131 heavy (non-hydrogen) atoms. The van der Waals surface area contributed by atoms with Crippen molar-refractivity contribution in [1.29, 1.82) is 0 Å². The molecule has 7 aliphatic rings. The van der Waals surface area contributed by atoms with Crippen molar-refractivity contribution >= 4 is 65.3 Å². The number of hydrogen-bond acceptors (Lipinski definition) is 51. The van der Waals surface area contributed by atoms with E-state index in [2.05, 4.69) is 5.32 Å². The molecule has 7 fully saturated rings. The summed E-state index contributed by atoms with van der Waals surface area (Å²) < 4.78 is 73.0. The van der Waals surface area contributed by atoms with Crippen molar-refractivity contribution in [3.63, 3.8) is 0 Å². The van der Waals surface area contributed by atoms with Crippen molar-refractivity contribution in [3.8, 4) is 0 Å². The second-order valence-electron chi connectivity index (χ2n) is 31.3. The Bertz CT molecular complexity index is 3850. The molecule has 0 spiro atoms. The molecule has 7 aliphatic heterocycles. The number of rotatable bonds is 45. The average Bonchev–Trinajstić information content (AvgIpc) is 0.739. The standard InChI is InChI=1S/C69H110N6O56/c1-19(87)70-42-52(122-59-51(107)50(106)44(100)26(8-77)121-59)49(105)31(120-58(42)108)18-119-65(60(109)110)2-20(88)38(72-33(95)14-83)54(127-65)45(101)27(9-78)124-67(62(113)114)4-22(90)40(74-35(97)16-85)56(129-67)47(103)29(11-80)126-69(64(117)118)6-24(92)41(75-36(98)17-86)57(131-69)48(104)30(12-81)125-68(63(115)116)5-23(91)39(73-34(96)15-84)55(130-68)46(102)28(10-79)123-66(61(111)112)3-21(89)37(71-32(94)13-82)53(128-66)43(99)25(93)7-76/h20-31,37-59,76-86,88-93,99-108H,2-18H2,1H3,(H,70,87)(H,71,94)(H,72,95)(H,73,96)(H,74,97)(H,75,98)(H,109,110)(H,111,112)(H,113,114)(H,115,116)(H,117,118)/t20-,21-,22-,23-,24-,25+,26+,27+,28+,29+,30+,31+,37+,38+,39+,40+,41+,42+,43+,44-,45+,46+,47+,48+,49-,50-,51+,52+,53+,54+,55+,56+,57+,58?,59-,65+,66+,67+,68+,69+/m0/s1. The van der Waals surface area contributed by atoms with E-state index in [1.165, 1.54) is 0 Å². The summed E-state index contributed by atoms with van der Waals surface area (Å²) in [5, 5.41) is 363. The summed E-state index contributed by atoms with van der Waals surface area (Å²) in [5.74, 6) is -39.5. The van der Waals surface area contributed by atoms with E-state index in [0.29, 0.717) is 0 Å². The molecule has 0 aromatic rings. The van der Waals surface area contributed by atoms with Crippen LogP contribution in [-0.2, 0) is 114 Å². The molecule has 6 amide bonds. The Labute approximate surface area is 733 Å². The molecule has 40 atom stereocenters. The van der Waals surface area contributed by atoms with E-state index in [9.17, 15) is 216 Å². The summed E-state index contributed by atoms with van der Waals surface area (Å²) in [6, 6.07) is -13.5. The van der Waals surface area contributed by atoms with Gasteiger partial charge in [0.05, 0.1) is 107 Å². The molecule has 0 aromatic heterocycles. The maximum atomic E-state index is 13.9. The van der Waals surface area contributed by atoms with Crippen LogP contribution in [0.5, 0.6) is 0 Å². The van der Waals surface area contributed by atoms with Gasteiger partial charge in [0.1, 0.15) is 173 Å². The minimum atomic E-state index is -3.93. The molecule has 7 rings (SSSR count). The van der Waals surface area contributed by atoms with E-state index in [-0.39, 0.29) is 0 Å². The fourth-order valence-corrected chi connectivity index (χ4v) is 15.8. The molecular formula is C69H110N6O56. The van der Waals surface area contributed by atoms with Crippen LogP contribution >= 0.6 is 0 Å². The predicted molar refractivity (Wildman–Crippen MR) is 394 cm³/mol. The van der Waals surface area contributed by atoms with Gasteiger partial charge >= 0.3 is 29.8 Å². The largest absolute Gasteiger partial charge is 0.477 e. The first-order chi connectivity index (χ1) is 61.4.